The lowest BCUT2D eigenvalue weighted by Crippen LogP contribution is -2.64. The summed E-state index contributed by atoms with van der Waals surface area (Å²) >= 11 is 11.3. The average molecular weight is 265 g/mol. The first-order chi connectivity index (χ1) is 7.46. The van der Waals surface area contributed by atoms with Crippen LogP contribution in [-0.2, 0) is 4.79 Å². The van der Waals surface area contributed by atoms with Gasteiger partial charge in [0.15, 0.2) is 4.84 Å². The Morgan fingerprint density at radius 2 is 1.88 bits per heavy atom. The van der Waals surface area contributed by atoms with Crippen molar-refractivity contribution in [3.05, 3.63) is 0 Å². The first kappa shape index (κ1) is 12.5. The molecule has 5 heteroatoms. The fourth-order valence-corrected chi connectivity index (χ4v) is 2.99. The van der Waals surface area contributed by atoms with Crippen LogP contribution in [0.2, 0.25) is 0 Å². The van der Waals surface area contributed by atoms with E-state index in [0.717, 1.165) is 32.5 Å². The number of amides is 1. The Hall–Kier alpha value is 0.01000. The van der Waals surface area contributed by atoms with Gasteiger partial charge >= 0.3 is 0 Å². The molecule has 0 aromatic carbocycles. The second-order valence-electron chi connectivity index (χ2n) is 5.08. The number of carbonyl (C=O) groups is 1. The molecule has 2 heterocycles. The Labute approximate surface area is 107 Å². The van der Waals surface area contributed by atoms with Crippen LogP contribution in [0, 0.1) is 0 Å². The zero-order chi connectivity index (χ0) is 11.9. The van der Waals surface area contributed by atoms with Crippen molar-refractivity contribution in [3.8, 4) is 0 Å². The lowest BCUT2D eigenvalue weighted by Gasteiger charge is -2.51. The van der Waals surface area contributed by atoms with Crippen LogP contribution in [0.15, 0.2) is 0 Å². The largest absolute Gasteiger partial charge is 0.333 e. The van der Waals surface area contributed by atoms with Crippen LogP contribution in [-0.4, -0.2) is 51.8 Å². The standard InChI is InChI=1S/C11H18Cl2N2O/c1-8(2)14-5-3-11(7-14)4-6-15(11)10(16)9(12)13/h8-9H,3-7H2,1-2H3. The minimum absolute atomic E-state index is 0.0311. The number of nitrogens with zero attached hydrogens (tertiary/aromatic N) is 2. The van der Waals surface area contributed by atoms with Crippen molar-refractivity contribution in [2.45, 2.75) is 43.1 Å². The summed E-state index contributed by atoms with van der Waals surface area (Å²) in [6.45, 7) is 7.22. The second kappa shape index (κ2) is 4.35. The number of halogens is 2. The average Bonchev–Trinajstić information content (AvgIpc) is 2.62. The Bertz CT molecular complexity index is 296. The molecule has 3 nitrogen and oxygen atoms in total. The maximum absolute atomic E-state index is 11.8. The van der Waals surface area contributed by atoms with E-state index in [-0.39, 0.29) is 11.4 Å². The fraction of sp³-hybridized carbons (Fsp3) is 0.909. The van der Waals surface area contributed by atoms with Gasteiger partial charge < -0.3 is 4.90 Å². The lowest BCUT2D eigenvalue weighted by atomic mass is 9.83. The van der Waals surface area contributed by atoms with E-state index in [1.54, 1.807) is 0 Å². The molecular weight excluding hydrogens is 247 g/mol. The van der Waals surface area contributed by atoms with Crippen LogP contribution in [0.4, 0.5) is 0 Å². The molecule has 0 bridgehead atoms. The van der Waals surface area contributed by atoms with E-state index < -0.39 is 4.84 Å². The Morgan fingerprint density at radius 3 is 2.25 bits per heavy atom. The predicted molar refractivity (Wildman–Crippen MR) is 65.9 cm³/mol. The molecule has 2 aliphatic heterocycles. The van der Waals surface area contributed by atoms with Crippen LogP contribution in [0.1, 0.15) is 26.7 Å². The summed E-state index contributed by atoms with van der Waals surface area (Å²) in [6.07, 6.45) is 2.14. The molecule has 0 N–H and O–H groups in total. The zero-order valence-corrected chi connectivity index (χ0v) is 11.3. The smallest absolute Gasteiger partial charge is 0.256 e. The highest BCUT2D eigenvalue weighted by atomic mass is 35.5. The lowest BCUT2D eigenvalue weighted by molar-refractivity contribution is -0.144. The summed E-state index contributed by atoms with van der Waals surface area (Å²) < 4.78 is 0. The number of alkyl halides is 2. The highest BCUT2D eigenvalue weighted by Gasteiger charge is 2.52. The van der Waals surface area contributed by atoms with Crippen molar-refractivity contribution in [2.75, 3.05) is 19.6 Å². The fourth-order valence-electron chi connectivity index (χ4n) is 2.75. The number of hydrogen-bond donors (Lipinski definition) is 0. The molecule has 0 radical (unpaired) electrons. The van der Waals surface area contributed by atoms with Gasteiger partial charge in [0.25, 0.3) is 5.91 Å². The van der Waals surface area contributed by atoms with E-state index in [2.05, 4.69) is 18.7 Å². The van der Waals surface area contributed by atoms with Crippen molar-refractivity contribution < 1.29 is 4.79 Å². The van der Waals surface area contributed by atoms with Gasteiger partial charge in [-0.2, -0.15) is 0 Å². The van der Waals surface area contributed by atoms with E-state index >= 15 is 0 Å². The normalized spacial score (nSPS) is 30.5. The Morgan fingerprint density at radius 1 is 1.25 bits per heavy atom. The van der Waals surface area contributed by atoms with E-state index in [9.17, 15) is 4.79 Å². The van der Waals surface area contributed by atoms with Gasteiger partial charge in [0.05, 0.1) is 5.54 Å². The third-order valence-corrected chi connectivity index (χ3v) is 4.29. The van der Waals surface area contributed by atoms with E-state index in [1.165, 1.54) is 0 Å². The number of rotatable bonds is 2. The maximum atomic E-state index is 11.8. The predicted octanol–water partition coefficient (Wildman–Crippen LogP) is 1.88. The van der Waals surface area contributed by atoms with E-state index in [0.29, 0.717) is 6.04 Å². The Kier molecular flexibility index (Phi) is 3.39. The van der Waals surface area contributed by atoms with Gasteiger partial charge in [0.1, 0.15) is 0 Å². The molecule has 0 aromatic heterocycles. The molecule has 2 saturated heterocycles. The first-order valence-corrected chi connectivity index (χ1v) is 6.67. The van der Waals surface area contributed by atoms with Crippen LogP contribution >= 0.6 is 23.2 Å². The summed E-state index contributed by atoms with van der Waals surface area (Å²) in [7, 11) is 0. The van der Waals surface area contributed by atoms with Gasteiger partial charge in [-0.1, -0.05) is 23.2 Å². The highest BCUT2D eigenvalue weighted by Crippen LogP contribution is 2.40. The van der Waals surface area contributed by atoms with Crippen molar-refractivity contribution >= 4 is 29.1 Å². The van der Waals surface area contributed by atoms with E-state index in [1.807, 2.05) is 4.90 Å². The van der Waals surface area contributed by atoms with Gasteiger partial charge in [-0.05, 0) is 26.7 Å². The van der Waals surface area contributed by atoms with Gasteiger partial charge in [0.2, 0.25) is 0 Å². The van der Waals surface area contributed by atoms with Gasteiger partial charge in [-0.3, -0.25) is 9.69 Å². The molecule has 2 fully saturated rings. The minimum Gasteiger partial charge on any atom is -0.333 e. The molecule has 16 heavy (non-hydrogen) atoms. The zero-order valence-electron chi connectivity index (χ0n) is 9.75. The first-order valence-electron chi connectivity index (χ1n) is 5.80. The molecule has 1 atom stereocenters. The van der Waals surface area contributed by atoms with Crippen molar-refractivity contribution in [1.29, 1.82) is 0 Å². The molecule has 0 saturated carbocycles. The van der Waals surface area contributed by atoms with Crippen molar-refractivity contribution in [2.24, 2.45) is 0 Å². The van der Waals surface area contributed by atoms with Crippen molar-refractivity contribution in [3.63, 3.8) is 0 Å². The summed E-state index contributed by atoms with van der Waals surface area (Å²) in [6, 6.07) is 0.541. The molecule has 0 aliphatic carbocycles. The SMILES string of the molecule is CC(C)N1CCC2(CCN2C(=O)C(Cl)Cl)C1. The third kappa shape index (κ3) is 1.93. The summed E-state index contributed by atoms with van der Waals surface area (Å²) in [5.74, 6) is -0.125. The van der Waals surface area contributed by atoms with Gasteiger partial charge in [-0.25, -0.2) is 0 Å². The summed E-state index contributed by atoms with van der Waals surface area (Å²) in [4.78, 5) is 15.2. The quantitative estimate of drug-likeness (QED) is 0.712. The monoisotopic (exact) mass is 264 g/mol. The topological polar surface area (TPSA) is 23.6 Å². The molecule has 1 spiro atoms. The number of likely N-dealkylation sites (tertiary alicyclic amines) is 2. The highest BCUT2D eigenvalue weighted by molar-refractivity contribution is 6.53. The van der Waals surface area contributed by atoms with Crippen LogP contribution in [0.3, 0.4) is 0 Å². The second-order valence-corrected chi connectivity index (χ2v) is 6.18. The Balaban J connectivity index is 2.03. The van der Waals surface area contributed by atoms with Crippen molar-refractivity contribution in [1.82, 2.24) is 9.80 Å². The van der Waals surface area contributed by atoms with Crippen LogP contribution in [0.25, 0.3) is 0 Å². The third-order valence-electron chi connectivity index (χ3n) is 3.92. The maximum Gasteiger partial charge on any atom is 0.256 e. The molecule has 1 unspecified atom stereocenters. The summed E-state index contributed by atoms with van der Waals surface area (Å²) in [5, 5.41) is 0. The van der Waals surface area contributed by atoms with Crippen LogP contribution in [0.5, 0.6) is 0 Å². The van der Waals surface area contributed by atoms with Gasteiger partial charge in [0, 0.05) is 25.7 Å². The molecule has 1 amide bonds. The van der Waals surface area contributed by atoms with Crippen LogP contribution < -0.4 is 0 Å². The molecule has 2 aliphatic rings. The van der Waals surface area contributed by atoms with Gasteiger partial charge in [-0.15, -0.1) is 0 Å². The molecule has 2 rings (SSSR count). The van der Waals surface area contributed by atoms with E-state index in [4.69, 9.17) is 23.2 Å². The number of carbonyl (C=O) groups excluding carboxylic acids is 1. The molecule has 0 aromatic rings. The summed E-state index contributed by atoms with van der Waals surface area (Å²) in [5.41, 5.74) is 0.0311. The minimum atomic E-state index is -0.912. The molecule has 92 valence electrons. The number of hydrogen-bond acceptors (Lipinski definition) is 2. The molecular formula is C11H18Cl2N2O.